The second kappa shape index (κ2) is 18.2. The number of rotatable bonds is 13. The zero-order valence-electron chi connectivity index (χ0n) is 44.3. The quantitative estimate of drug-likeness (QED) is 0.122. The van der Waals surface area contributed by atoms with Crippen molar-refractivity contribution in [3.63, 3.8) is 0 Å². The highest BCUT2D eigenvalue weighted by Gasteiger charge is 2.89. The average Bonchev–Trinajstić information content (AvgIpc) is 3.78. The van der Waals surface area contributed by atoms with E-state index in [2.05, 4.69) is 27.7 Å². The fourth-order valence-corrected chi connectivity index (χ4v) is 16.7. The monoisotopic (exact) mass is 1050 g/mol. The Balaban J connectivity index is 1.17. The molecule has 8 fully saturated rings. The van der Waals surface area contributed by atoms with Gasteiger partial charge in [-0.25, -0.2) is 0 Å². The number of ether oxygens (including phenoxy) is 6. The van der Waals surface area contributed by atoms with Crippen LogP contribution in [-0.4, -0.2) is 178 Å². The van der Waals surface area contributed by atoms with Crippen molar-refractivity contribution < 1.29 is 103 Å². The van der Waals surface area contributed by atoms with Crippen LogP contribution in [0, 0.1) is 52.3 Å². The van der Waals surface area contributed by atoms with Crippen LogP contribution in [-0.2, 0) is 66.8 Å². The summed E-state index contributed by atoms with van der Waals surface area (Å²) in [7, 11) is 0. The van der Waals surface area contributed by atoms with Crippen LogP contribution in [0.5, 0.6) is 0 Å². The zero-order valence-corrected chi connectivity index (χ0v) is 44.3. The third-order valence-corrected chi connectivity index (χ3v) is 20.7. The Morgan fingerprint density at radius 1 is 0.662 bits per heavy atom. The fourth-order valence-electron chi connectivity index (χ4n) is 16.7. The Kier molecular flexibility index (Phi) is 14.0. The maximum Gasteiger partial charge on any atom is 0.271 e. The van der Waals surface area contributed by atoms with Crippen LogP contribution < -0.4 is 0 Å². The molecular weight excluding hydrogens is 973 g/mol. The first kappa shape index (κ1) is 57.0. The lowest BCUT2D eigenvalue weighted by atomic mass is 9.44. The van der Waals surface area contributed by atoms with Gasteiger partial charge in [-0.05, 0) is 115 Å². The Labute approximate surface area is 429 Å². The molecule has 7 N–H and O–H groups in total. The topological polar surface area (TPSA) is 334 Å². The number of fused-ring (bicyclic) bond motifs is 7. The van der Waals surface area contributed by atoms with Gasteiger partial charge in [0.2, 0.25) is 16.8 Å². The number of aliphatic hydroxyl groups is 7. The molecule has 21 nitrogen and oxygen atoms in total. The largest absolute Gasteiger partial charge is 0.394 e. The zero-order chi connectivity index (χ0) is 55.3. The number of aliphatic hydroxyl groups excluding tert-OH is 3. The van der Waals surface area contributed by atoms with Gasteiger partial charge in [-0.1, -0.05) is 27.7 Å². The molecule has 4 saturated heterocycles. The molecule has 0 aromatic heterocycles. The summed E-state index contributed by atoms with van der Waals surface area (Å²) in [6, 6.07) is 0. The predicted molar refractivity (Wildman–Crippen MR) is 251 cm³/mol. The van der Waals surface area contributed by atoms with Crippen molar-refractivity contribution in [1.29, 1.82) is 0 Å². The molecule has 22 atom stereocenters. The van der Waals surface area contributed by atoms with E-state index in [0.717, 1.165) is 32.6 Å². The third kappa shape index (κ3) is 6.74. The molecule has 8 rings (SSSR count). The lowest BCUT2D eigenvalue weighted by Crippen LogP contribution is -2.94. The maximum atomic E-state index is 14.8. The van der Waals surface area contributed by atoms with E-state index < -0.39 is 134 Å². The molecule has 4 heterocycles. The van der Waals surface area contributed by atoms with Gasteiger partial charge < -0.3 is 64.2 Å². The van der Waals surface area contributed by atoms with Crippen LogP contribution in [0.1, 0.15) is 134 Å². The van der Waals surface area contributed by atoms with Crippen molar-refractivity contribution in [3.05, 3.63) is 0 Å². The van der Waals surface area contributed by atoms with Crippen molar-refractivity contribution in [2.24, 2.45) is 52.3 Å². The summed E-state index contributed by atoms with van der Waals surface area (Å²) in [5.41, 5.74) is -21.5. The molecule has 0 aromatic carbocycles. The molecule has 0 unspecified atom stereocenters. The molecule has 1 spiro atoms. The van der Waals surface area contributed by atoms with E-state index >= 15 is 0 Å². The summed E-state index contributed by atoms with van der Waals surface area (Å²) in [6.07, 6.45) is -4.31. The number of hydrogen-bond donors (Lipinski definition) is 7. The number of carbonyl (C=O) groups is 8. The molecule has 0 radical (unpaired) electrons. The minimum absolute atomic E-state index is 0.0107. The molecule has 8 aliphatic rings. The maximum absolute atomic E-state index is 14.8. The predicted octanol–water partition coefficient (Wildman–Crippen LogP) is 0.336. The Bertz CT molecular complexity index is 2400. The van der Waals surface area contributed by atoms with Crippen LogP contribution in [0.2, 0.25) is 0 Å². The van der Waals surface area contributed by atoms with E-state index in [1.165, 1.54) is 0 Å². The summed E-state index contributed by atoms with van der Waals surface area (Å²) < 4.78 is 37.7. The van der Waals surface area contributed by atoms with Crippen LogP contribution >= 0.6 is 0 Å². The Morgan fingerprint density at radius 2 is 1.27 bits per heavy atom. The first-order valence-corrected chi connectivity index (χ1v) is 26.1. The van der Waals surface area contributed by atoms with Crippen molar-refractivity contribution in [3.8, 4) is 0 Å². The number of ketones is 8. The lowest BCUT2D eigenvalue weighted by Gasteiger charge is -2.66. The summed E-state index contributed by atoms with van der Waals surface area (Å²) in [5.74, 6) is -19.4. The van der Waals surface area contributed by atoms with Crippen LogP contribution in [0.25, 0.3) is 0 Å². The van der Waals surface area contributed by atoms with Crippen LogP contribution in [0.15, 0.2) is 0 Å². The van der Waals surface area contributed by atoms with Crippen LogP contribution in [0.4, 0.5) is 0 Å². The summed E-state index contributed by atoms with van der Waals surface area (Å²) in [6.45, 7) is 10.3. The van der Waals surface area contributed by atoms with Gasteiger partial charge in [-0.3, -0.25) is 38.4 Å². The molecule has 0 amide bonds. The van der Waals surface area contributed by atoms with Crippen LogP contribution in [0.3, 0.4) is 0 Å². The van der Waals surface area contributed by atoms with Crippen molar-refractivity contribution in [2.75, 3.05) is 19.8 Å². The summed E-state index contributed by atoms with van der Waals surface area (Å²) in [4.78, 5) is 114. The van der Waals surface area contributed by atoms with Crippen molar-refractivity contribution >= 4 is 46.3 Å². The van der Waals surface area contributed by atoms with Gasteiger partial charge in [-0.2, -0.15) is 0 Å². The van der Waals surface area contributed by atoms with Crippen molar-refractivity contribution in [2.45, 2.75) is 210 Å². The highest BCUT2D eigenvalue weighted by molar-refractivity contribution is 6.10. The summed E-state index contributed by atoms with van der Waals surface area (Å²) >= 11 is 0. The lowest BCUT2D eigenvalue weighted by molar-refractivity contribution is -0.456. The number of carbonyl (C=O) groups excluding carboxylic acids is 8. The molecule has 414 valence electrons. The Hall–Kier alpha value is -3.16. The molecule has 74 heavy (non-hydrogen) atoms. The van der Waals surface area contributed by atoms with Gasteiger partial charge in [0.25, 0.3) is 11.6 Å². The van der Waals surface area contributed by atoms with E-state index in [-0.39, 0.29) is 60.2 Å². The van der Waals surface area contributed by atoms with Gasteiger partial charge in [0.1, 0.15) is 24.1 Å². The third-order valence-electron chi connectivity index (χ3n) is 20.7. The highest BCUT2D eigenvalue weighted by Crippen LogP contribution is 2.71. The van der Waals surface area contributed by atoms with Gasteiger partial charge in [-0.15, -0.1) is 0 Å². The van der Waals surface area contributed by atoms with Gasteiger partial charge in [0, 0.05) is 43.9 Å². The minimum Gasteiger partial charge on any atom is -0.394 e. The molecule has 0 aromatic rings. The van der Waals surface area contributed by atoms with Gasteiger partial charge in [0.15, 0.2) is 57.5 Å². The molecule has 21 heteroatoms. The first-order chi connectivity index (χ1) is 34.2. The SMILES string of the molecule is CC(=O)[C@@]1(O[C@H]2CC[C@@]3(C)[C@@H](CC[C@@H]4[C@@H]3CC(=O)[C@]3(C)[C@@H]5[C@H](C[C@@H]43)O[C@]3(CC[C@@H](C)CO3)[C@H]5C)C2)O[C@H](CO)[C@](O[C@]2(C(C)=O)O[C@H](CO)[C@H](O)[C@@](O)(C(C)=O)[C@]2(O)C(C)=O)(C(C)=O)[C@@](O)(C(C)=O)[C@]1(O)C(C)=O. The van der Waals surface area contributed by atoms with E-state index in [0.29, 0.717) is 73.3 Å². The normalized spacial score (nSPS) is 51.8. The fraction of sp³-hybridized carbons (Fsp3) is 0.849. The first-order valence-electron chi connectivity index (χ1n) is 26.1. The molecule has 4 aliphatic carbocycles. The van der Waals surface area contributed by atoms with Crippen molar-refractivity contribution in [1.82, 2.24) is 0 Å². The van der Waals surface area contributed by atoms with Gasteiger partial charge in [0.05, 0.1) is 32.0 Å². The standard InChI is InChI=1S/C53H76O21/c1-24-14-17-46(69-23-24)25(2)42-38(71-46)19-37-35-13-12-33-18-34(15-16-44(33,10)36(35)20-40(63)45(37,42)11)70-52(31(8)61)51(68,30(7)60)50(67,29(6)59)48(27(4)57,41(22-55)73-52)74-53(32(9)62)49(66,28(5)58)47(65,26(3)56)43(64)39(21-54)72-53/h24-25,33-39,41-43,54-55,64-68H,12-23H2,1-11H3/t24-,25+,33+,34+,35-,36+,37+,38+,39-,41-,42+,43+,44+,45-,46-,47+,48-,49-,50+,51-,52-,53+/m1/s1. The molecule has 0 bridgehead atoms. The van der Waals surface area contributed by atoms with Gasteiger partial charge >= 0.3 is 0 Å². The minimum atomic E-state index is -4.28. The molecule has 4 saturated carbocycles. The van der Waals surface area contributed by atoms with E-state index in [1.54, 1.807) is 0 Å². The second-order valence-electron chi connectivity index (χ2n) is 24.0. The van der Waals surface area contributed by atoms with E-state index in [4.69, 9.17) is 28.4 Å². The second-order valence-corrected chi connectivity index (χ2v) is 24.0. The average molecular weight is 1050 g/mol. The number of hydrogen-bond acceptors (Lipinski definition) is 21. The number of Topliss-reactive ketones (excluding diaryl/α,β-unsaturated/α-hetero) is 8. The van der Waals surface area contributed by atoms with E-state index in [1.807, 2.05) is 0 Å². The smallest absolute Gasteiger partial charge is 0.271 e. The molecular formula is C53H76O21. The molecule has 4 aliphatic heterocycles. The summed E-state index contributed by atoms with van der Waals surface area (Å²) in [5, 5.41) is 83.9. The van der Waals surface area contributed by atoms with E-state index in [9.17, 15) is 74.1 Å². The Morgan fingerprint density at radius 3 is 1.77 bits per heavy atom. The highest BCUT2D eigenvalue weighted by atomic mass is 16.8.